The van der Waals surface area contributed by atoms with Gasteiger partial charge < -0.3 is 10.0 Å². The van der Waals surface area contributed by atoms with E-state index >= 15 is 0 Å². The zero-order valence-electron chi connectivity index (χ0n) is 10.3. The Kier molecular flexibility index (Phi) is 3.17. The highest BCUT2D eigenvalue weighted by atomic mass is 16.3. The van der Waals surface area contributed by atoms with Gasteiger partial charge >= 0.3 is 0 Å². The molecule has 1 aliphatic heterocycles. The highest BCUT2D eigenvalue weighted by Crippen LogP contribution is 2.37. The van der Waals surface area contributed by atoms with Crippen molar-refractivity contribution in [3.63, 3.8) is 0 Å². The number of rotatable bonds is 3. The second-order valence-corrected chi connectivity index (χ2v) is 5.56. The van der Waals surface area contributed by atoms with E-state index in [-0.39, 0.29) is 6.10 Å². The minimum atomic E-state index is -0.0262. The summed E-state index contributed by atoms with van der Waals surface area (Å²) in [6.07, 6.45) is 3.37. The molecule has 0 spiro atoms. The zero-order chi connectivity index (χ0) is 11.7. The smallest absolute Gasteiger partial charge is 0.0583 e. The highest BCUT2D eigenvalue weighted by molar-refractivity contribution is 5.15. The Morgan fingerprint density at radius 2 is 1.94 bits per heavy atom. The normalized spacial score (nSPS) is 32.9. The van der Waals surface area contributed by atoms with Gasteiger partial charge in [0.15, 0.2) is 0 Å². The molecule has 2 aliphatic rings. The zero-order valence-corrected chi connectivity index (χ0v) is 10.3. The van der Waals surface area contributed by atoms with Crippen molar-refractivity contribution >= 4 is 0 Å². The van der Waals surface area contributed by atoms with Gasteiger partial charge in [-0.1, -0.05) is 30.3 Å². The van der Waals surface area contributed by atoms with E-state index in [1.165, 1.54) is 18.5 Å². The topological polar surface area (TPSA) is 23.5 Å². The number of hydrogen-bond donors (Lipinski definition) is 1. The predicted molar refractivity (Wildman–Crippen MR) is 68.8 cm³/mol. The van der Waals surface area contributed by atoms with Gasteiger partial charge in [0.1, 0.15) is 0 Å². The first-order valence-corrected chi connectivity index (χ1v) is 6.77. The number of likely N-dealkylation sites (tertiary alicyclic amines) is 1. The minimum absolute atomic E-state index is 0.0262. The summed E-state index contributed by atoms with van der Waals surface area (Å²) in [5.41, 5.74) is 1.42. The van der Waals surface area contributed by atoms with Crippen LogP contribution in [0.4, 0.5) is 0 Å². The van der Waals surface area contributed by atoms with Crippen LogP contribution in [0.2, 0.25) is 0 Å². The Labute approximate surface area is 103 Å². The van der Waals surface area contributed by atoms with E-state index in [1.807, 2.05) is 0 Å². The average Bonchev–Trinajstić information content (AvgIpc) is 2.91. The minimum Gasteiger partial charge on any atom is -0.393 e. The van der Waals surface area contributed by atoms with Crippen molar-refractivity contribution in [2.45, 2.75) is 25.4 Å². The lowest BCUT2D eigenvalue weighted by molar-refractivity contribution is 0.124. The highest BCUT2D eigenvalue weighted by Gasteiger charge is 2.41. The largest absolute Gasteiger partial charge is 0.393 e. The van der Waals surface area contributed by atoms with Crippen LogP contribution in [0.5, 0.6) is 0 Å². The van der Waals surface area contributed by atoms with Gasteiger partial charge in [0.05, 0.1) is 6.10 Å². The van der Waals surface area contributed by atoms with Crippen molar-refractivity contribution in [3.05, 3.63) is 35.9 Å². The molecule has 1 aromatic carbocycles. The standard InChI is InChI=1S/C15H21NO/c17-15-7-6-13-10-16(11-14(13)15)9-8-12-4-2-1-3-5-12/h1-5,13-15,17H,6-11H2. The summed E-state index contributed by atoms with van der Waals surface area (Å²) in [7, 11) is 0. The van der Waals surface area contributed by atoms with Crippen LogP contribution in [-0.2, 0) is 6.42 Å². The number of aliphatic hydroxyl groups is 1. The summed E-state index contributed by atoms with van der Waals surface area (Å²) in [5.74, 6) is 1.33. The number of aliphatic hydroxyl groups excluding tert-OH is 1. The first-order valence-electron chi connectivity index (χ1n) is 6.77. The lowest BCUT2D eigenvalue weighted by Gasteiger charge is -2.17. The van der Waals surface area contributed by atoms with Gasteiger partial charge in [-0.05, 0) is 30.7 Å². The predicted octanol–water partition coefficient (Wildman–Crippen LogP) is 1.93. The van der Waals surface area contributed by atoms with Crippen molar-refractivity contribution in [3.8, 4) is 0 Å². The molecule has 0 bridgehead atoms. The van der Waals surface area contributed by atoms with Gasteiger partial charge in [0.2, 0.25) is 0 Å². The summed E-state index contributed by atoms with van der Waals surface area (Å²) in [6, 6.07) is 10.7. The second-order valence-electron chi connectivity index (χ2n) is 5.56. The third kappa shape index (κ3) is 2.38. The van der Waals surface area contributed by atoms with E-state index in [2.05, 4.69) is 35.2 Å². The van der Waals surface area contributed by atoms with Gasteiger partial charge in [0, 0.05) is 25.6 Å². The van der Waals surface area contributed by atoms with Crippen LogP contribution >= 0.6 is 0 Å². The lowest BCUT2D eigenvalue weighted by atomic mass is 10.00. The fraction of sp³-hybridized carbons (Fsp3) is 0.600. The molecule has 3 rings (SSSR count). The van der Waals surface area contributed by atoms with Gasteiger partial charge in [0.25, 0.3) is 0 Å². The van der Waals surface area contributed by atoms with E-state index in [9.17, 15) is 5.11 Å². The molecule has 0 aromatic heterocycles. The van der Waals surface area contributed by atoms with Crippen molar-refractivity contribution in [1.82, 2.24) is 4.90 Å². The molecular weight excluding hydrogens is 210 g/mol. The lowest BCUT2D eigenvalue weighted by Crippen LogP contribution is -2.26. The van der Waals surface area contributed by atoms with Crippen LogP contribution in [-0.4, -0.2) is 35.7 Å². The molecular formula is C15H21NO. The summed E-state index contributed by atoms with van der Waals surface area (Å²) < 4.78 is 0. The molecule has 1 heterocycles. The maximum atomic E-state index is 9.88. The van der Waals surface area contributed by atoms with Crippen LogP contribution < -0.4 is 0 Å². The molecule has 0 amide bonds. The van der Waals surface area contributed by atoms with Crippen LogP contribution in [0.15, 0.2) is 30.3 Å². The molecule has 3 unspecified atom stereocenters. The SMILES string of the molecule is OC1CCC2CN(CCc3ccccc3)CC12. The summed E-state index contributed by atoms with van der Waals surface area (Å²) >= 11 is 0. The molecule has 1 aromatic rings. The Morgan fingerprint density at radius 1 is 1.12 bits per heavy atom. The van der Waals surface area contributed by atoms with Crippen LogP contribution in [0, 0.1) is 11.8 Å². The number of benzene rings is 1. The molecule has 0 radical (unpaired) electrons. The van der Waals surface area contributed by atoms with E-state index in [0.29, 0.717) is 5.92 Å². The molecule has 1 N–H and O–H groups in total. The van der Waals surface area contributed by atoms with Crippen LogP contribution in [0.25, 0.3) is 0 Å². The quantitative estimate of drug-likeness (QED) is 0.859. The maximum Gasteiger partial charge on any atom is 0.0583 e. The van der Waals surface area contributed by atoms with Gasteiger partial charge in [-0.3, -0.25) is 0 Å². The van der Waals surface area contributed by atoms with Crippen molar-refractivity contribution < 1.29 is 5.11 Å². The fourth-order valence-electron chi connectivity index (χ4n) is 3.44. The van der Waals surface area contributed by atoms with Crippen molar-refractivity contribution in [1.29, 1.82) is 0 Å². The van der Waals surface area contributed by atoms with Crippen molar-refractivity contribution in [2.75, 3.05) is 19.6 Å². The Hall–Kier alpha value is -0.860. The third-order valence-corrected chi connectivity index (χ3v) is 4.45. The summed E-state index contributed by atoms with van der Waals surface area (Å²) in [5, 5.41) is 9.88. The molecule has 2 nitrogen and oxygen atoms in total. The van der Waals surface area contributed by atoms with Crippen LogP contribution in [0.3, 0.4) is 0 Å². The fourth-order valence-corrected chi connectivity index (χ4v) is 3.44. The van der Waals surface area contributed by atoms with E-state index in [4.69, 9.17) is 0 Å². The Bertz CT molecular complexity index is 364. The molecule has 1 saturated heterocycles. The molecule has 92 valence electrons. The Morgan fingerprint density at radius 3 is 2.71 bits per heavy atom. The molecule has 1 aliphatic carbocycles. The third-order valence-electron chi connectivity index (χ3n) is 4.45. The molecule has 1 saturated carbocycles. The van der Waals surface area contributed by atoms with Gasteiger partial charge in [-0.25, -0.2) is 0 Å². The number of hydrogen-bond acceptors (Lipinski definition) is 2. The van der Waals surface area contributed by atoms with E-state index in [0.717, 1.165) is 31.8 Å². The molecule has 2 fully saturated rings. The molecule has 2 heteroatoms. The molecule has 17 heavy (non-hydrogen) atoms. The molecule has 3 atom stereocenters. The average molecular weight is 231 g/mol. The summed E-state index contributed by atoms with van der Waals surface area (Å²) in [6.45, 7) is 3.46. The Balaban J connectivity index is 1.52. The van der Waals surface area contributed by atoms with Gasteiger partial charge in [-0.15, -0.1) is 0 Å². The summed E-state index contributed by atoms with van der Waals surface area (Å²) in [4.78, 5) is 2.53. The monoisotopic (exact) mass is 231 g/mol. The van der Waals surface area contributed by atoms with Crippen LogP contribution in [0.1, 0.15) is 18.4 Å². The van der Waals surface area contributed by atoms with Gasteiger partial charge in [-0.2, -0.15) is 0 Å². The first-order chi connectivity index (χ1) is 8.33. The van der Waals surface area contributed by atoms with Crippen molar-refractivity contribution in [2.24, 2.45) is 11.8 Å². The number of nitrogens with zero attached hydrogens (tertiary/aromatic N) is 1. The second kappa shape index (κ2) is 4.79. The first kappa shape index (κ1) is 11.2. The van der Waals surface area contributed by atoms with E-state index in [1.54, 1.807) is 0 Å². The maximum absolute atomic E-state index is 9.88. The van der Waals surface area contributed by atoms with E-state index < -0.39 is 0 Å². The number of fused-ring (bicyclic) bond motifs is 1.